The van der Waals surface area contributed by atoms with Gasteiger partial charge in [0.15, 0.2) is 6.29 Å². The molecule has 1 aliphatic heterocycles. The zero-order chi connectivity index (χ0) is 13.1. The van der Waals surface area contributed by atoms with E-state index in [9.17, 15) is 4.79 Å². The molecule has 0 spiro atoms. The molecular formula is C11H14Cl2N2O3. The van der Waals surface area contributed by atoms with Gasteiger partial charge in [-0.2, -0.15) is 0 Å². The first-order valence-electron chi connectivity index (χ1n) is 5.68. The van der Waals surface area contributed by atoms with Crippen LogP contribution in [0.4, 0.5) is 0 Å². The molecule has 18 heavy (non-hydrogen) atoms. The van der Waals surface area contributed by atoms with Crippen LogP contribution in [0.5, 0.6) is 0 Å². The Balaban J connectivity index is 1.93. The summed E-state index contributed by atoms with van der Waals surface area (Å²) in [5.41, 5.74) is 2.68. The van der Waals surface area contributed by atoms with Crippen LogP contribution in [0.15, 0.2) is 6.07 Å². The van der Waals surface area contributed by atoms with Gasteiger partial charge in [-0.1, -0.05) is 23.2 Å². The lowest BCUT2D eigenvalue weighted by molar-refractivity contribution is -0.186. The predicted molar refractivity (Wildman–Crippen MR) is 67.6 cm³/mol. The van der Waals surface area contributed by atoms with Crippen molar-refractivity contribution in [2.24, 2.45) is 7.05 Å². The van der Waals surface area contributed by atoms with E-state index >= 15 is 0 Å². The number of halogens is 2. The number of aromatic nitrogens is 1. The molecule has 0 radical (unpaired) electrons. The van der Waals surface area contributed by atoms with Crippen LogP contribution in [-0.4, -0.2) is 23.4 Å². The van der Waals surface area contributed by atoms with E-state index in [2.05, 4.69) is 5.48 Å². The van der Waals surface area contributed by atoms with E-state index < -0.39 is 5.91 Å². The molecule has 0 aliphatic carbocycles. The first-order valence-corrected chi connectivity index (χ1v) is 6.43. The Morgan fingerprint density at radius 3 is 2.89 bits per heavy atom. The van der Waals surface area contributed by atoms with Gasteiger partial charge in [-0.05, 0) is 18.9 Å². The molecule has 1 aliphatic rings. The minimum absolute atomic E-state index is 0.315. The minimum atomic E-state index is -0.402. The lowest BCUT2D eigenvalue weighted by atomic mass is 10.2. The number of hydrogen-bond donors (Lipinski definition) is 1. The van der Waals surface area contributed by atoms with Crippen LogP contribution in [-0.2, 0) is 16.6 Å². The summed E-state index contributed by atoms with van der Waals surface area (Å²) in [7, 11) is 1.65. The van der Waals surface area contributed by atoms with Crippen molar-refractivity contribution in [3.8, 4) is 0 Å². The Labute approximate surface area is 115 Å². The van der Waals surface area contributed by atoms with Gasteiger partial charge in [-0.3, -0.25) is 4.79 Å². The fraction of sp³-hybridized carbons (Fsp3) is 0.545. The van der Waals surface area contributed by atoms with Crippen molar-refractivity contribution in [3.63, 3.8) is 0 Å². The third-order valence-electron chi connectivity index (χ3n) is 2.77. The van der Waals surface area contributed by atoms with Gasteiger partial charge in [-0.25, -0.2) is 10.3 Å². The molecule has 0 bridgehead atoms. The van der Waals surface area contributed by atoms with Crippen LogP contribution in [0.25, 0.3) is 0 Å². The zero-order valence-electron chi connectivity index (χ0n) is 9.91. The van der Waals surface area contributed by atoms with Crippen molar-refractivity contribution in [2.45, 2.75) is 25.6 Å². The van der Waals surface area contributed by atoms with Crippen molar-refractivity contribution in [2.75, 3.05) is 6.61 Å². The van der Waals surface area contributed by atoms with Crippen molar-refractivity contribution < 1.29 is 14.4 Å². The molecule has 2 heterocycles. The number of carbonyl (C=O) groups excluding carboxylic acids is 1. The molecule has 1 unspecified atom stereocenters. The van der Waals surface area contributed by atoms with Gasteiger partial charge in [0.25, 0.3) is 5.91 Å². The van der Waals surface area contributed by atoms with Gasteiger partial charge in [-0.15, -0.1) is 0 Å². The molecular weight excluding hydrogens is 279 g/mol. The van der Waals surface area contributed by atoms with E-state index in [1.165, 1.54) is 10.6 Å². The number of amides is 1. The summed E-state index contributed by atoms with van der Waals surface area (Å²) in [6.45, 7) is 0.655. The van der Waals surface area contributed by atoms with Crippen LogP contribution in [0, 0.1) is 0 Å². The monoisotopic (exact) mass is 292 g/mol. The van der Waals surface area contributed by atoms with Crippen molar-refractivity contribution in [1.82, 2.24) is 10.0 Å². The number of hydrogen-bond acceptors (Lipinski definition) is 3. The van der Waals surface area contributed by atoms with Gasteiger partial charge in [0.05, 0.1) is 5.02 Å². The molecule has 1 aromatic heterocycles. The summed E-state index contributed by atoms with van der Waals surface area (Å²) in [6.07, 6.45) is 2.45. The highest BCUT2D eigenvalue weighted by molar-refractivity contribution is 6.41. The molecule has 1 fully saturated rings. The van der Waals surface area contributed by atoms with E-state index in [-0.39, 0.29) is 6.29 Å². The van der Waals surface area contributed by atoms with Crippen LogP contribution in [0.1, 0.15) is 29.8 Å². The average molecular weight is 293 g/mol. The molecule has 1 N–H and O–H groups in total. The van der Waals surface area contributed by atoms with Gasteiger partial charge in [0, 0.05) is 20.1 Å². The van der Waals surface area contributed by atoms with Crippen LogP contribution in [0.2, 0.25) is 10.2 Å². The molecule has 0 saturated carbocycles. The molecule has 1 saturated heterocycles. The Kier molecular flexibility index (Phi) is 4.50. The lowest BCUT2D eigenvalue weighted by Gasteiger charge is -2.22. The molecule has 1 atom stereocenters. The SMILES string of the molecule is Cn1c(C(=O)NOC2CCCCO2)cc(Cl)c1Cl. The van der Waals surface area contributed by atoms with E-state index in [0.717, 1.165) is 19.3 Å². The van der Waals surface area contributed by atoms with Gasteiger partial charge < -0.3 is 9.30 Å². The molecule has 1 amide bonds. The van der Waals surface area contributed by atoms with Crippen LogP contribution in [0.3, 0.4) is 0 Å². The first kappa shape index (κ1) is 13.7. The molecule has 7 heteroatoms. The zero-order valence-corrected chi connectivity index (χ0v) is 11.4. The smallest absolute Gasteiger partial charge is 0.291 e. The summed E-state index contributed by atoms with van der Waals surface area (Å²) in [5, 5.41) is 0.647. The molecule has 5 nitrogen and oxygen atoms in total. The largest absolute Gasteiger partial charge is 0.350 e. The van der Waals surface area contributed by atoms with Crippen molar-refractivity contribution >= 4 is 29.1 Å². The highest BCUT2D eigenvalue weighted by Crippen LogP contribution is 2.25. The molecule has 0 aromatic carbocycles. The number of nitrogens with zero attached hydrogens (tertiary/aromatic N) is 1. The fourth-order valence-corrected chi connectivity index (χ4v) is 2.11. The number of carbonyl (C=O) groups is 1. The van der Waals surface area contributed by atoms with Gasteiger partial charge in [0.2, 0.25) is 0 Å². The topological polar surface area (TPSA) is 52.5 Å². The minimum Gasteiger partial charge on any atom is -0.350 e. The summed E-state index contributed by atoms with van der Waals surface area (Å²) in [6, 6.07) is 1.49. The predicted octanol–water partition coefficient (Wildman–Crippen LogP) is 2.52. The number of rotatable bonds is 3. The highest BCUT2D eigenvalue weighted by Gasteiger charge is 2.19. The Hall–Kier alpha value is -0.750. The van der Waals surface area contributed by atoms with Gasteiger partial charge in [0.1, 0.15) is 10.8 Å². The van der Waals surface area contributed by atoms with Crippen LogP contribution < -0.4 is 5.48 Å². The van der Waals surface area contributed by atoms with E-state index in [0.29, 0.717) is 22.5 Å². The standard InChI is InChI=1S/C11H14Cl2N2O3/c1-15-8(6-7(12)10(15)13)11(16)14-18-9-4-2-3-5-17-9/h6,9H,2-5H2,1H3,(H,14,16). The Morgan fingerprint density at radius 2 is 2.33 bits per heavy atom. The Bertz CT molecular complexity index is 442. The first-order chi connectivity index (χ1) is 8.59. The maximum Gasteiger partial charge on any atom is 0.291 e. The summed E-state index contributed by atoms with van der Waals surface area (Å²) < 4.78 is 6.82. The normalized spacial score (nSPS) is 19.8. The number of ether oxygens (including phenoxy) is 1. The van der Waals surface area contributed by atoms with Crippen LogP contribution >= 0.6 is 23.2 Å². The third-order valence-corrected chi connectivity index (χ3v) is 3.61. The van der Waals surface area contributed by atoms with Crippen molar-refractivity contribution in [1.29, 1.82) is 0 Å². The maximum absolute atomic E-state index is 11.8. The maximum atomic E-state index is 11.8. The second-order valence-corrected chi connectivity index (χ2v) is 4.84. The summed E-state index contributed by atoms with van der Waals surface area (Å²) in [4.78, 5) is 17.0. The van der Waals surface area contributed by atoms with Gasteiger partial charge >= 0.3 is 0 Å². The third kappa shape index (κ3) is 2.98. The van der Waals surface area contributed by atoms with E-state index in [1.54, 1.807) is 7.05 Å². The highest BCUT2D eigenvalue weighted by atomic mass is 35.5. The van der Waals surface area contributed by atoms with E-state index in [4.69, 9.17) is 32.8 Å². The quantitative estimate of drug-likeness (QED) is 0.871. The average Bonchev–Trinajstić information content (AvgIpc) is 2.65. The Morgan fingerprint density at radius 1 is 1.56 bits per heavy atom. The molecule has 1 aromatic rings. The van der Waals surface area contributed by atoms with Crippen molar-refractivity contribution in [3.05, 3.63) is 21.9 Å². The van der Waals surface area contributed by atoms with E-state index in [1.807, 2.05) is 0 Å². The second-order valence-electron chi connectivity index (χ2n) is 4.07. The fourth-order valence-electron chi connectivity index (χ4n) is 1.74. The second kappa shape index (κ2) is 5.93. The lowest BCUT2D eigenvalue weighted by Crippen LogP contribution is -2.33. The number of nitrogens with one attached hydrogen (secondary N) is 1. The molecule has 2 rings (SSSR count). The number of hydroxylamine groups is 1. The molecule has 100 valence electrons. The summed E-state index contributed by atoms with van der Waals surface area (Å²) in [5.74, 6) is -0.402. The summed E-state index contributed by atoms with van der Waals surface area (Å²) >= 11 is 11.7.